The normalized spacial score (nSPS) is 11.1. The number of aromatic carboxylic acids is 1. The number of carboxylic acids is 1. The number of hydrogen-bond donors (Lipinski definition) is 7. The molecule has 7 N–H and O–H groups in total. The molecule has 0 bridgehead atoms. The number of nitrogens with one attached hydrogen (secondary N) is 4. The van der Waals surface area contributed by atoms with E-state index in [1.165, 1.54) is 60.5 Å². The third kappa shape index (κ3) is 12.0. The number of carbonyl (C=O) groups excluding carboxylic acids is 5. The summed E-state index contributed by atoms with van der Waals surface area (Å²) in [5, 5.41) is 58.2. The van der Waals surface area contributed by atoms with E-state index in [2.05, 4.69) is 49.5 Å². The van der Waals surface area contributed by atoms with Crippen LogP contribution in [-0.4, -0.2) is 86.1 Å². The minimum atomic E-state index is -1.43. The molecule has 0 aliphatic rings. The van der Waals surface area contributed by atoms with Gasteiger partial charge in [-0.05, 0) is 118 Å². The van der Waals surface area contributed by atoms with Gasteiger partial charge in [-0.1, -0.05) is 17.1 Å². The SMILES string of the molecule is COc1c(NC(=O)c2ccc(NC(=O)c3ccc(NC(=O)[C@H](Cc4cnnn4COC(=O)C(C)(C)C)NC(=O)c4ccc(C#Cc5ccc(C#N)cc5)cc4)cc3)c(OC)c2O)ccc(C(=O)O)c1O. The van der Waals surface area contributed by atoms with Crippen LogP contribution >= 0.6 is 0 Å². The molecular formula is C50H44N8O12. The number of nitriles is 1. The van der Waals surface area contributed by atoms with Crippen LogP contribution in [-0.2, 0) is 27.5 Å². The van der Waals surface area contributed by atoms with Gasteiger partial charge in [0.15, 0.2) is 29.7 Å². The first kappa shape index (κ1) is 49.7. The van der Waals surface area contributed by atoms with Gasteiger partial charge in [-0.25, -0.2) is 9.48 Å². The second-order valence-electron chi connectivity index (χ2n) is 16.1. The number of benzene rings is 5. The lowest BCUT2D eigenvalue weighted by Crippen LogP contribution is -2.45. The molecule has 5 aromatic carbocycles. The Morgan fingerprint density at radius 1 is 0.686 bits per heavy atom. The monoisotopic (exact) mass is 948 g/mol. The number of rotatable bonds is 15. The van der Waals surface area contributed by atoms with E-state index in [1.807, 2.05) is 0 Å². The average Bonchev–Trinajstić information content (AvgIpc) is 3.79. The van der Waals surface area contributed by atoms with Crippen LogP contribution in [0.1, 0.15) is 84.6 Å². The van der Waals surface area contributed by atoms with Gasteiger partial charge >= 0.3 is 11.9 Å². The topological polar surface area (TPSA) is 293 Å². The quantitative estimate of drug-likeness (QED) is 0.0479. The molecule has 0 saturated heterocycles. The molecular weight excluding hydrogens is 905 g/mol. The molecule has 0 aliphatic carbocycles. The summed E-state index contributed by atoms with van der Waals surface area (Å²) in [4.78, 5) is 78.2. The fourth-order valence-electron chi connectivity index (χ4n) is 6.45. The number of anilines is 3. The minimum Gasteiger partial charge on any atom is -0.504 e. The Balaban J connectivity index is 1.16. The van der Waals surface area contributed by atoms with Crippen molar-refractivity contribution in [2.24, 2.45) is 5.41 Å². The van der Waals surface area contributed by atoms with Crippen molar-refractivity contribution in [2.75, 3.05) is 30.2 Å². The molecule has 0 fully saturated rings. The first-order chi connectivity index (χ1) is 33.4. The summed E-state index contributed by atoms with van der Waals surface area (Å²) < 4.78 is 17.1. The smallest absolute Gasteiger partial charge is 0.339 e. The second kappa shape index (κ2) is 21.7. The summed E-state index contributed by atoms with van der Waals surface area (Å²) in [6.45, 7) is 4.77. The molecule has 0 spiro atoms. The molecule has 6 rings (SSSR count). The van der Waals surface area contributed by atoms with E-state index in [9.17, 15) is 44.1 Å². The highest BCUT2D eigenvalue weighted by atomic mass is 16.5. The van der Waals surface area contributed by atoms with Gasteiger partial charge in [0, 0.05) is 34.4 Å². The molecule has 356 valence electrons. The van der Waals surface area contributed by atoms with Crippen molar-refractivity contribution in [2.45, 2.75) is 40.0 Å². The summed E-state index contributed by atoms with van der Waals surface area (Å²) >= 11 is 0. The average molecular weight is 949 g/mol. The van der Waals surface area contributed by atoms with Gasteiger partial charge in [0.1, 0.15) is 11.6 Å². The number of ether oxygens (including phenoxy) is 3. The summed E-state index contributed by atoms with van der Waals surface area (Å²) in [7, 11) is 2.36. The lowest BCUT2D eigenvalue weighted by atomic mass is 9.98. The van der Waals surface area contributed by atoms with E-state index in [0.717, 1.165) is 13.2 Å². The molecule has 20 nitrogen and oxygen atoms in total. The molecule has 0 saturated carbocycles. The van der Waals surface area contributed by atoms with Crippen molar-refractivity contribution < 1.29 is 58.3 Å². The number of amides is 4. The Bertz CT molecular complexity index is 3090. The Labute approximate surface area is 399 Å². The van der Waals surface area contributed by atoms with E-state index in [4.69, 9.17) is 19.5 Å². The van der Waals surface area contributed by atoms with Crippen molar-refractivity contribution in [3.8, 4) is 40.9 Å². The number of nitrogens with zero attached hydrogens (tertiary/aromatic N) is 4. The van der Waals surface area contributed by atoms with E-state index < -0.39 is 64.1 Å². The lowest BCUT2D eigenvalue weighted by Gasteiger charge is -2.20. The predicted octanol–water partition coefficient (Wildman–Crippen LogP) is 5.71. The van der Waals surface area contributed by atoms with E-state index in [1.54, 1.807) is 69.3 Å². The van der Waals surface area contributed by atoms with E-state index >= 15 is 0 Å². The van der Waals surface area contributed by atoms with Crippen LogP contribution in [0.2, 0.25) is 0 Å². The Morgan fingerprint density at radius 3 is 1.76 bits per heavy atom. The van der Waals surface area contributed by atoms with Crippen molar-refractivity contribution >= 4 is 52.6 Å². The zero-order valence-electron chi connectivity index (χ0n) is 38.1. The molecule has 0 unspecified atom stereocenters. The molecule has 6 aromatic rings. The minimum absolute atomic E-state index is 0.0221. The summed E-state index contributed by atoms with van der Waals surface area (Å²) in [6, 6.07) is 24.4. The molecule has 70 heavy (non-hydrogen) atoms. The number of phenolic OH excluding ortho intramolecular Hbond substituents is 1. The number of hydrogen-bond acceptors (Lipinski definition) is 14. The van der Waals surface area contributed by atoms with Crippen molar-refractivity contribution in [3.63, 3.8) is 0 Å². The first-order valence-electron chi connectivity index (χ1n) is 20.9. The lowest BCUT2D eigenvalue weighted by molar-refractivity contribution is -0.157. The van der Waals surface area contributed by atoms with Crippen LogP contribution in [0.15, 0.2) is 103 Å². The zero-order chi connectivity index (χ0) is 50.7. The third-order valence-electron chi connectivity index (χ3n) is 10.2. The van der Waals surface area contributed by atoms with Gasteiger partial charge in [0.05, 0.1) is 60.1 Å². The van der Waals surface area contributed by atoms with Crippen LogP contribution in [0.5, 0.6) is 23.0 Å². The molecule has 4 amide bonds. The third-order valence-corrected chi connectivity index (χ3v) is 10.2. The maximum atomic E-state index is 14.0. The number of phenols is 2. The summed E-state index contributed by atoms with van der Waals surface area (Å²) in [5.41, 5.74) is 1.03. The number of aromatic hydroxyl groups is 2. The van der Waals surface area contributed by atoms with Crippen LogP contribution < -0.4 is 30.7 Å². The van der Waals surface area contributed by atoms with Gasteiger partial charge in [-0.2, -0.15) is 5.26 Å². The second-order valence-corrected chi connectivity index (χ2v) is 16.1. The van der Waals surface area contributed by atoms with E-state index in [0.29, 0.717) is 22.4 Å². The Morgan fingerprint density at radius 2 is 1.20 bits per heavy atom. The highest BCUT2D eigenvalue weighted by molar-refractivity contribution is 6.10. The predicted molar refractivity (Wildman–Crippen MR) is 251 cm³/mol. The van der Waals surface area contributed by atoms with Gasteiger partial charge in [0.2, 0.25) is 5.91 Å². The van der Waals surface area contributed by atoms with Gasteiger partial charge < -0.3 is 50.8 Å². The van der Waals surface area contributed by atoms with Crippen LogP contribution in [0.25, 0.3) is 0 Å². The number of carbonyl (C=O) groups is 6. The molecule has 1 atom stereocenters. The number of aromatic nitrogens is 3. The van der Waals surface area contributed by atoms with E-state index in [-0.39, 0.29) is 58.4 Å². The molecule has 1 heterocycles. The standard InChI is InChI=1S/C50H44N8O12/c1-50(2,3)49(67)70-27-58-34(26-52-57-58)24-39(56-45(62)31-14-12-29(13-15-31)7-6-28-8-10-30(25-51)11-9-28)47(64)53-33-18-16-32(17-19-33)44(61)54-37-22-20-35(40(59)42(37)68-4)46(63)55-38-23-21-36(48(65)66)41(60)43(38)69-5/h8-23,26,39,59-60H,24,27H2,1-5H3,(H,53,64)(H,54,61)(H,55,63)(H,56,62)(H,65,66)/t39-/m0/s1. The van der Waals surface area contributed by atoms with Crippen molar-refractivity contribution in [1.29, 1.82) is 5.26 Å². The largest absolute Gasteiger partial charge is 0.504 e. The maximum absolute atomic E-state index is 14.0. The molecule has 0 aliphatic heterocycles. The molecule has 20 heteroatoms. The number of methoxy groups -OCH3 is 2. The molecule has 0 radical (unpaired) electrons. The van der Waals surface area contributed by atoms with Crippen LogP contribution in [0, 0.1) is 28.6 Å². The van der Waals surface area contributed by atoms with Crippen LogP contribution in [0.4, 0.5) is 17.1 Å². The fraction of sp³-hybridized carbons (Fsp3) is 0.180. The van der Waals surface area contributed by atoms with Gasteiger partial charge in [-0.15, -0.1) is 5.10 Å². The zero-order valence-corrected chi connectivity index (χ0v) is 38.1. The highest BCUT2D eigenvalue weighted by Gasteiger charge is 2.28. The highest BCUT2D eigenvalue weighted by Crippen LogP contribution is 2.40. The summed E-state index contributed by atoms with van der Waals surface area (Å²) in [6.07, 6.45) is 1.23. The Hall–Kier alpha value is -9.69. The number of carboxylic acid groups (broad SMARTS) is 1. The van der Waals surface area contributed by atoms with Crippen molar-refractivity contribution in [1.82, 2.24) is 20.3 Å². The van der Waals surface area contributed by atoms with Crippen molar-refractivity contribution in [3.05, 3.63) is 148 Å². The van der Waals surface area contributed by atoms with Crippen LogP contribution in [0.3, 0.4) is 0 Å². The van der Waals surface area contributed by atoms with Gasteiger partial charge in [0.25, 0.3) is 17.7 Å². The summed E-state index contributed by atoms with van der Waals surface area (Å²) in [5.74, 6) is -0.722. The molecule has 1 aromatic heterocycles. The fourth-order valence-corrected chi connectivity index (χ4v) is 6.45. The maximum Gasteiger partial charge on any atom is 0.339 e. The Kier molecular flexibility index (Phi) is 15.4. The van der Waals surface area contributed by atoms with Gasteiger partial charge in [-0.3, -0.25) is 24.0 Å². The number of esters is 1. The first-order valence-corrected chi connectivity index (χ1v) is 20.9.